The van der Waals surface area contributed by atoms with Gasteiger partial charge in [0.2, 0.25) is 11.8 Å². The van der Waals surface area contributed by atoms with Crippen molar-refractivity contribution in [2.45, 2.75) is 0 Å². The fourth-order valence-corrected chi connectivity index (χ4v) is 1.32. The smallest absolute Gasteiger partial charge is 0.255 e. The molecule has 0 atom stereocenters. The maximum atomic E-state index is 5.38. The van der Waals surface area contributed by atoms with Crippen molar-refractivity contribution >= 4 is 21.9 Å². The molecule has 0 radical (unpaired) electrons. The van der Waals surface area contributed by atoms with Crippen LogP contribution in [0.4, 0.5) is 5.95 Å². The van der Waals surface area contributed by atoms with Crippen molar-refractivity contribution in [2.75, 3.05) is 12.8 Å². The largest absolute Gasteiger partial charge is 0.480 e. The van der Waals surface area contributed by atoms with Gasteiger partial charge in [-0.05, 0) is 15.9 Å². The second-order valence-electron chi connectivity index (χ2n) is 2.57. The predicted octanol–water partition coefficient (Wildman–Crippen LogP) is 0.411. The van der Waals surface area contributed by atoms with Crippen molar-refractivity contribution in [2.24, 2.45) is 0 Å². The number of hydrogen-bond acceptors (Lipinski definition) is 6. The van der Waals surface area contributed by atoms with E-state index < -0.39 is 0 Å². The van der Waals surface area contributed by atoms with Crippen molar-refractivity contribution in [3.63, 3.8) is 0 Å². The predicted molar refractivity (Wildman–Crippen MR) is 55.6 cm³/mol. The second kappa shape index (κ2) is 3.81. The van der Waals surface area contributed by atoms with E-state index in [9.17, 15) is 0 Å². The van der Waals surface area contributed by atoms with Crippen LogP contribution in [0.15, 0.2) is 17.0 Å². The summed E-state index contributed by atoms with van der Waals surface area (Å²) >= 11 is 3.25. The Morgan fingerprint density at radius 1 is 1.47 bits per heavy atom. The van der Waals surface area contributed by atoms with E-state index in [1.54, 1.807) is 6.20 Å². The molecular weight excluding hydrogens is 264 g/mol. The summed E-state index contributed by atoms with van der Waals surface area (Å²) in [5.74, 6) is 0.939. The van der Waals surface area contributed by atoms with E-state index in [2.05, 4.69) is 36.0 Å². The topological polar surface area (TPSA) is 91.7 Å². The molecule has 15 heavy (non-hydrogen) atoms. The summed E-state index contributed by atoms with van der Waals surface area (Å²) < 4.78 is 7.06. The van der Waals surface area contributed by atoms with Gasteiger partial charge >= 0.3 is 0 Å². The molecule has 0 saturated heterocycles. The van der Waals surface area contributed by atoms with Gasteiger partial charge in [0.05, 0.1) is 17.8 Å². The van der Waals surface area contributed by atoms with Crippen LogP contribution in [0.25, 0.3) is 5.95 Å². The standard InChI is InChI=1S/C7H7BrN6O/c1-15-5-4(8)2-10-7(12-5)14-3-11-6(9)13-14/h2-3H,1H3,(H2,9,13). The van der Waals surface area contributed by atoms with Gasteiger partial charge in [0.1, 0.15) is 6.33 Å². The van der Waals surface area contributed by atoms with Gasteiger partial charge in [0.25, 0.3) is 5.95 Å². The monoisotopic (exact) mass is 270 g/mol. The molecule has 2 rings (SSSR count). The van der Waals surface area contributed by atoms with Gasteiger partial charge in [0, 0.05) is 0 Å². The molecule has 2 aromatic heterocycles. The number of nitrogens with zero attached hydrogens (tertiary/aromatic N) is 5. The van der Waals surface area contributed by atoms with E-state index in [-0.39, 0.29) is 5.95 Å². The van der Waals surface area contributed by atoms with Gasteiger partial charge < -0.3 is 10.5 Å². The van der Waals surface area contributed by atoms with Crippen molar-refractivity contribution in [3.05, 3.63) is 17.0 Å². The number of hydrogen-bond donors (Lipinski definition) is 1. The highest BCUT2D eigenvalue weighted by molar-refractivity contribution is 9.10. The lowest BCUT2D eigenvalue weighted by Crippen LogP contribution is -2.03. The number of ether oxygens (including phenoxy) is 1. The lowest BCUT2D eigenvalue weighted by atomic mass is 10.6. The highest BCUT2D eigenvalue weighted by atomic mass is 79.9. The average molecular weight is 271 g/mol. The minimum atomic E-state index is 0.167. The van der Waals surface area contributed by atoms with Crippen LogP contribution in [0.5, 0.6) is 5.88 Å². The van der Waals surface area contributed by atoms with Crippen LogP contribution in [0.3, 0.4) is 0 Å². The SMILES string of the molecule is COc1nc(-n2cnc(N)n2)ncc1Br. The molecule has 0 aromatic carbocycles. The summed E-state index contributed by atoms with van der Waals surface area (Å²) in [5.41, 5.74) is 5.38. The maximum Gasteiger partial charge on any atom is 0.255 e. The number of anilines is 1. The summed E-state index contributed by atoms with van der Waals surface area (Å²) in [5, 5.41) is 3.87. The van der Waals surface area contributed by atoms with Gasteiger partial charge in [0.15, 0.2) is 0 Å². The normalized spacial score (nSPS) is 10.3. The third-order valence-electron chi connectivity index (χ3n) is 1.61. The molecule has 2 N–H and O–H groups in total. The summed E-state index contributed by atoms with van der Waals surface area (Å²) in [6, 6.07) is 0. The molecule has 0 saturated carbocycles. The van der Waals surface area contributed by atoms with Gasteiger partial charge in [-0.1, -0.05) is 0 Å². The molecule has 0 amide bonds. The highest BCUT2D eigenvalue weighted by Crippen LogP contribution is 2.21. The minimum absolute atomic E-state index is 0.167. The quantitative estimate of drug-likeness (QED) is 0.850. The summed E-state index contributed by atoms with van der Waals surface area (Å²) in [7, 11) is 1.52. The summed E-state index contributed by atoms with van der Waals surface area (Å²) in [4.78, 5) is 11.9. The fourth-order valence-electron chi connectivity index (χ4n) is 0.968. The number of halogens is 1. The zero-order valence-corrected chi connectivity index (χ0v) is 9.34. The van der Waals surface area contributed by atoms with Gasteiger partial charge in [-0.2, -0.15) is 9.67 Å². The molecule has 0 aliphatic carbocycles. The maximum absolute atomic E-state index is 5.38. The Labute approximate surface area is 93.4 Å². The fraction of sp³-hybridized carbons (Fsp3) is 0.143. The molecule has 0 aliphatic heterocycles. The van der Waals surface area contributed by atoms with Gasteiger partial charge in [-0.3, -0.25) is 0 Å². The Hall–Kier alpha value is -1.70. The van der Waals surface area contributed by atoms with E-state index >= 15 is 0 Å². The Morgan fingerprint density at radius 2 is 2.27 bits per heavy atom. The number of aromatic nitrogens is 5. The first-order valence-corrected chi connectivity index (χ1v) is 4.74. The zero-order chi connectivity index (χ0) is 10.8. The van der Waals surface area contributed by atoms with Crippen LogP contribution in [0.1, 0.15) is 0 Å². The van der Waals surface area contributed by atoms with Crippen molar-refractivity contribution in [1.29, 1.82) is 0 Å². The third-order valence-corrected chi connectivity index (χ3v) is 2.15. The molecule has 7 nitrogen and oxygen atoms in total. The van der Waals surface area contributed by atoms with Crippen LogP contribution in [-0.4, -0.2) is 31.8 Å². The van der Waals surface area contributed by atoms with E-state index in [0.29, 0.717) is 16.3 Å². The summed E-state index contributed by atoms with van der Waals surface area (Å²) in [6.45, 7) is 0. The zero-order valence-electron chi connectivity index (χ0n) is 7.75. The molecule has 0 aliphatic rings. The molecule has 0 bridgehead atoms. The lowest BCUT2D eigenvalue weighted by molar-refractivity contribution is 0.392. The summed E-state index contributed by atoms with van der Waals surface area (Å²) in [6.07, 6.45) is 3.00. The molecule has 0 unspecified atom stereocenters. The highest BCUT2D eigenvalue weighted by Gasteiger charge is 2.07. The molecule has 0 spiro atoms. The lowest BCUT2D eigenvalue weighted by Gasteiger charge is -2.03. The van der Waals surface area contributed by atoms with E-state index in [4.69, 9.17) is 10.5 Å². The molecule has 2 heterocycles. The van der Waals surface area contributed by atoms with Crippen LogP contribution < -0.4 is 10.5 Å². The van der Waals surface area contributed by atoms with Crippen molar-refractivity contribution in [3.8, 4) is 11.8 Å². The van der Waals surface area contributed by atoms with Crippen LogP contribution >= 0.6 is 15.9 Å². The number of methoxy groups -OCH3 is 1. The number of nitrogens with two attached hydrogens (primary N) is 1. The molecule has 0 fully saturated rings. The van der Waals surface area contributed by atoms with Gasteiger partial charge in [-0.25, -0.2) is 9.97 Å². The van der Waals surface area contributed by atoms with E-state index in [1.807, 2.05) is 0 Å². The Kier molecular flexibility index (Phi) is 2.50. The second-order valence-corrected chi connectivity index (χ2v) is 3.43. The van der Waals surface area contributed by atoms with Crippen LogP contribution in [0, 0.1) is 0 Å². The minimum Gasteiger partial charge on any atom is -0.480 e. The molecule has 78 valence electrons. The first kappa shape index (κ1) is 9.84. The van der Waals surface area contributed by atoms with Crippen molar-refractivity contribution in [1.82, 2.24) is 24.7 Å². The third kappa shape index (κ3) is 1.89. The first-order valence-electron chi connectivity index (χ1n) is 3.94. The van der Waals surface area contributed by atoms with E-state index in [0.717, 1.165) is 0 Å². The number of nitrogen functional groups attached to an aromatic ring is 1. The van der Waals surface area contributed by atoms with Crippen LogP contribution in [0.2, 0.25) is 0 Å². The van der Waals surface area contributed by atoms with E-state index in [1.165, 1.54) is 18.1 Å². The first-order chi connectivity index (χ1) is 7.20. The molecule has 8 heteroatoms. The van der Waals surface area contributed by atoms with Gasteiger partial charge in [-0.15, -0.1) is 5.10 Å². The number of rotatable bonds is 2. The molecular formula is C7H7BrN6O. The Bertz CT molecular complexity index is 484. The average Bonchev–Trinajstić information content (AvgIpc) is 2.66. The molecule has 2 aromatic rings. The Morgan fingerprint density at radius 3 is 2.87 bits per heavy atom. The van der Waals surface area contributed by atoms with Crippen LogP contribution in [-0.2, 0) is 0 Å². The van der Waals surface area contributed by atoms with Crippen molar-refractivity contribution < 1.29 is 4.74 Å². The Balaban J connectivity index is 2.45.